The van der Waals surface area contributed by atoms with Gasteiger partial charge in [0.1, 0.15) is 0 Å². The molecule has 3 aromatic rings. The van der Waals surface area contributed by atoms with Gasteiger partial charge in [-0.25, -0.2) is 4.79 Å². The second-order valence-corrected chi connectivity index (χ2v) is 12.1. The fourth-order valence-electron chi connectivity index (χ4n) is 4.90. The highest BCUT2D eigenvalue weighted by Crippen LogP contribution is 2.39. The Balaban J connectivity index is 1.61. The van der Waals surface area contributed by atoms with E-state index in [0.29, 0.717) is 47.2 Å². The van der Waals surface area contributed by atoms with Crippen LogP contribution in [0.3, 0.4) is 0 Å². The Morgan fingerprint density at radius 2 is 1.60 bits per heavy atom. The van der Waals surface area contributed by atoms with E-state index in [4.69, 9.17) is 0 Å². The van der Waals surface area contributed by atoms with Crippen molar-refractivity contribution < 1.29 is 31.5 Å². The van der Waals surface area contributed by atoms with Crippen molar-refractivity contribution in [3.05, 3.63) is 94.0 Å². The molecule has 0 spiro atoms. The molecule has 1 unspecified atom stereocenters. The Morgan fingerprint density at radius 3 is 2.21 bits per heavy atom. The van der Waals surface area contributed by atoms with E-state index < -0.39 is 28.8 Å². The summed E-state index contributed by atoms with van der Waals surface area (Å²) in [5.41, 5.74) is -0.789. The molecule has 1 heterocycles. The lowest BCUT2D eigenvalue weighted by atomic mass is 9.87. The summed E-state index contributed by atoms with van der Waals surface area (Å²) in [5, 5.41) is 5.77. The number of hydrogen-bond donors (Lipinski definition) is 2. The van der Waals surface area contributed by atoms with Gasteiger partial charge in [-0.05, 0) is 85.7 Å². The first-order valence-electron chi connectivity index (χ1n) is 13.5. The zero-order valence-corrected chi connectivity index (χ0v) is 24.7. The van der Waals surface area contributed by atoms with Crippen molar-refractivity contribution in [2.75, 3.05) is 13.1 Å². The molecule has 224 valence electrons. The van der Waals surface area contributed by atoms with E-state index in [9.17, 15) is 31.5 Å². The number of amides is 3. The van der Waals surface area contributed by atoms with Crippen LogP contribution in [0.15, 0.2) is 60.7 Å². The molecule has 0 radical (unpaired) electrons. The van der Waals surface area contributed by atoms with Crippen molar-refractivity contribution in [1.82, 2.24) is 15.5 Å². The number of rotatable bonds is 6. The number of nitrogens with one attached hydrogen (secondary N) is 2. The van der Waals surface area contributed by atoms with Gasteiger partial charge in [0.15, 0.2) is 0 Å². The number of urea groups is 1. The van der Waals surface area contributed by atoms with Gasteiger partial charge in [0.05, 0.1) is 5.56 Å². The van der Waals surface area contributed by atoms with Gasteiger partial charge in [0.25, 0.3) is 11.6 Å². The lowest BCUT2D eigenvalue weighted by Gasteiger charge is -2.34. The van der Waals surface area contributed by atoms with E-state index in [2.05, 4.69) is 10.6 Å². The van der Waals surface area contributed by atoms with Crippen molar-refractivity contribution in [2.24, 2.45) is 0 Å². The summed E-state index contributed by atoms with van der Waals surface area (Å²) in [6, 6.07) is 13.9. The van der Waals surface area contributed by atoms with Crippen LogP contribution in [0.2, 0.25) is 0 Å². The Hall–Kier alpha value is -3.52. The molecular formula is C31H33F5N3O2P. The van der Waals surface area contributed by atoms with Crippen LogP contribution in [0.25, 0.3) is 11.1 Å². The first kappa shape index (κ1) is 31.4. The monoisotopic (exact) mass is 605 g/mol. The largest absolute Gasteiger partial charge is 0.416 e. The molecule has 4 rings (SSSR count). The fourth-order valence-corrected chi connectivity index (χ4v) is 5.08. The predicted octanol–water partition coefficient (Wildman–Crippen LogP) is 7.14. The molecule has 1 atom stereocenters. The number of nitrogens with zero attached hydrogens (tertiary/aromatic N) is 1. The summed E-state index contributed by atoms with van der Waals surface area (Å²) >= 11 is 0. The number of carbonyl (C=O) groups is 2. The molecule has 0 saturated heterocycles. The van der Waals surface area contributed by atoms with Gasteiger partial charge in [0, 0.05) is 36.3 Å². The van der Waals surface area contributed by atoms with Crippen molar-refractivity contribution in [3.63, 3.8) is 0 Å². The molecule has 2 N–H and O–H groups in total. The SMILES string of the molecule is CC(C)(C)NC(=O)N1CCc2c(-c3cccc(C(F)(F)P)c3)ccc(C(=O)NCCc3ccc(C(F)(F)F)cc3)c2C1. The highest BCUT2D eigenvalue weighted by molar-refractivity contribution is 7.17. The third-order valence-electron chi connectivity index (χ3n) is 6.96. The van der Waals surface area contributed by atoms with Crippen LogP contribution in [0.4, 0.5) is 26.7 Å². The van der Waals surface area contributed by atoms with E-state index in [0.717, 1.165) is 17.7 Å². The first-order chi connectivity index (χ1) is 19.5. The molecule has 0 saturated carbocycles. The van der Waals surface area contributed by atoms with E-state index in [1.807, 2.05) is 20.8 Å². The molecule has 1 aliphatic rings. The van der Waals surface area contributed by atoms with Crippen LogP contribution in [0, 0.1) is 0 Å². The zero-order valence-electron chi connectivity index (χ0n) is 23.5. The van der Waals surface area contributed by atoms with E-state index in [1.165, 1.54) is 33.5 Å². The third kappa shape index (κ3) is 7.65. The molecule has 5 nitrogen and oxygen atoms in total. The van der Waals surface area contributed by atoms with Gasteiger partial charge in [-0.3, -0.25) is 4.79 Å². The number of fused-ring (bicyclic) bond motifs is 1. The maximum absolute atomic E-state index is 14.1. The average molecular weight is 606 g/mol. The quantitative estimate of drug-likeness (QED) is 0.232. The molecule has 0 bridgehead atoms. The minimum atomic E-state index is -4.42. The molecule has 3 aromatic carbocycles. The minimum absolute atomic E-state index is 0.145. The maximum atomic E-state index is 14.1. The summed E-state index contributed by atoms with van der Waals surface area (Å²) in [4.78, 5) is 28.0. The van der Waals surface area contributed by atoms with Crippen LogP contribution in [0.1, 0.15) is 58.9 Å². The Kier molecular flexibility index (Phi) is 8.97. The van der Waals surface area contributed by atoms with E-state index >= 15 is 0 Å². The summed E-state index contributed by atoms with van der Waals surface area (Å²) in [7, 11) is 1.54. The van der Waals surface area contributed by atoms with Crippen LogP contribution < -0.4 is 10.6 Å². The number of benzene rings is 3. The zero-order chi connectivity index (χ0) is 30.9. The summed E-state index contributed by atoms with van der Waals surface area (Å²) < 4.78 is 66.7. The van der Waals surface area contributed by atoms with E-state index in [-0.39, 0.29) is 24.7 Å². The number of halogens is 5. The van der Waals surface area contributed by atoms with Crippen molar-refractivity contribution >= 4 is 21.2 Å². The molecule has 0 aliphatic carbocycles. The minimum Gasteiger partial charge on any atom is -0.352 e. The number of alkyl halides is 5. The average Bonchev–Trinajstić information content (AvgIpc) is 2.90. The Labute approximate surface area is 244 Å². The van der Waals surface area contributed by atoms with Crippen molar-refractivity contribution in [1.29, 1.82) is 0 Å². The van der Waals surface area contributed by atoms with Crippen LogP contribution in [-0.4, -0.2) is 35.5 Å². The summed E-state index contributed by atoms with van der Waals surface area (Å²) in [5.74, 6) is -0.395. The van der Waals surface area contributed by atoms with Gasteiger partial charge in [-0.15, -0.1) is 0 Å². The fraction of sp³-hybridized carbons (Fsp3) is 0.355. The first-order valence-corrected chi connectivity index (χ1v) is 14.0. The summed E-state index contributed by atoms with van der Waals surface area (Å²) in [6.07, 6.45) is -3.69. The van der Waals surface area contributed by atoms with E-state index in [1.54, 1.807) is 29.2 Å². The van der Waals surface area contributed by atoms with Crippen molar-refractivity contribution in [2.45, 2.75) is 57.5 Å². The lowest BCUT2D eigenvalue weighted by Crippen LogP contribution is -2.50. The molecular weight excluding hydrogens is 572 g/mol. The summed E-state index contributed by atoms with van der Waals surface area (Å²) in [6.45, 7) is 6.30. The van der Waals surface area contributed by atoms with Crippen LogP contribution in [0.5, 0.6) is 0 Å². The van der Waals surface area contributed by atoms with Gasteiger partial charge < -0.3 is 15.5 Å². The molecule has 1 aliphatic heterocycles. The molecule has 11 heteroatoms. The number of hydrogen-bond acceptors (Lipinski definition) is 2. The van der Waals surface area contributed by atoms with Gasteiger partial charge in [-0.1, -0.05) is 45.6 Å². The second kappa shape index (κ2) is 12.0. The lowest BCUT2D eigenvalue weighted by molar-refractivity contribution is -0.137. The van der Waals surface area contributed by atoms with Gasteiger partial charge >= 0.3 is 12.2 Å². The van der Waals surface area contributed by atoms with Crippen LogP contribution in [-0.2, 0) is 31.2 Å². The Bertz CT molecular complexity index is 1460. The molecule has 3 amide bonds. The Morgan fingerprint density at radius 1 is 0.905 bits per heavy atom. The normalized spacial score (nSPS) is 13.9. The maximum Gasteiger partial charge on any atom is 0.416 e. The van der Waals surface area contributed by atoms with Crippen LogP contribution >= 0.6 is 9.24 Å². The second-order valence-electron chi connectivity index (χ2n) is 11.4. The van der Waals surface area contributed by atoms with Gasteiger partial charge in [0.2, 0.25) is 0 Å². The highest BCUT2D eigenvalue weighted by atomic mass is 31.0. The predicted molar refractivity (Wildman–Crippen MR) is 155 cm³/mol. The van der Waals surface area contributed by atoms with Gasteiger partial charge in [-0.2, -0.15) is 22.0 Å². The topological polar surface area (TPSA) is 61.4 Å². The molecule has 0 fully saturated rings. The standard InChI is InChI=1S/C31H33F5N3O2P/c1-29(2,3)38-28(41)39-16-14-24-23(20-5-4-6-22(17-20)31(35,36)42)11-12-25(26(24)18-39)27(40)37-15-13-19-7-9-21(10-8-19)30(32,33)34/h4-12,17H,13-16,18,42H2,1-3H3,(H,37,40)(H,38,41). The number of carbonyl (C=O) groups excluding carboxylic acids is 2. The van der Waals surface area contributed by atoms with Crippen molar-refractivity contribution in [3.8, 4) is 11.1 Å². The smallest absolute Gasteiger partial charge is 0.352 e. The highest BCUT2D eigenvalue weighted by Gasteiger charge is 2.31. The third-order valence-corrected chi connectivity index (χ3v) is 7.30. The molecule has 42 heavy (non-hydrogen) atoms. The molecule has 0 aromatic heterocycles.